The summed E-state index contributed by atoms with van der Waals surface area (Å²) < 4.78 is 0. The van der Waals surface area contributed by atoms with Crippen LogP contribution < -0.4 is 56.7 Å². The van der Waals surface area contributed by atoms with Crippen LogP contribution in [0.25, 0.3) is 11.1 Å². The number of aryl methyl sites for hydroxylation is 2. The van der Waals surface area contributed by atoms with Crippen LogP contribution in [0.1, 0.15) is 11.1 Å². The van der Waals surface area contributed by atoms with Gasteiger partial charge in [0, 0.05) is 12.7 Å². The Morgan fingerprint density at radius 3 is 2.29 bits per heavy atom. The second kappa shape index (κ2) is 6.71. The zero-order chi connectivity index (χ0) is 11.5. The number of benzene rings is 2. The molecule has 2 rings (SSSR count). The van der Waals surface area contributed by atoms with Gasteiger partial charge in [0.1, 0.15) is 0 Å². The van der Waals surface area contributed by atoms with Crippen molar-refractivity contribution < 1.29 is 51.4 Å². The summed E-state index contributed by atoms with van der Waals surface area (Å²) in [4.78, 5) is 0. The number of nitrogens with one attached hydrogen (secondary N) is 1. The Morgan fingerprint density at radius 2 is 1.71 bits per heavy atom. The molecule has 0 atom stereocenters. The fourth-order valence-electron chi connectivity index (χ4n) is 1.89. The van der Waals surface area contributed by atoms with Gasteiger partial charge in [-0.1, -0.05) is 19.1 Å². The van der Waals surface area contributed by atoms with Crippen molar-refractivity contribution in [3.63, 3.8) is 0 Å². The molecule has 0 fully saturated rings. The molecule has 0 aliphatic carbocycles. The molecule has 0 unspecified atom stereocenters. The molecule has 0 radical (unpaired) electrons. The Labute approximate surface area is 146 Å². The van der Waals surface area contributed by atoms with Crippen LogP contribution >= 0.6 is 0 Å². The molecule has 0 saturated carbocycles. The molecule has 0 bridgehead atoms. The van der Waals surface area contributed by atoms with Gasteiger partial charge >= 0.3 is 51.4 Å². The standard InChI is InChI=1S/C15H16N.K/c1-11-5-4-6-13(9-11)14-7-8-15(16-3)12(2)10-14;/h4,6-10,16H,1-3H3;/q-1;+1. The number of anilines is 1. The van der Waals surface area contributed by atoms with Crippen LogP contribution in [0.15, 0.2) is 36.4 Å². The van der Waals surface area contributed by atoms with Gasteiger partial charge in [0.2, 0.25) is 0 Å². The molecule has 0 amide bonds. The van der Waals surface area contributed by atoms with E-state index in [1.165, 1.54) is 27.9 Å². The predicted octanol–water partition coefficient (Wildman–Crippen LogP) is 0.816. The molecule has 0 aliphatic heterocycles. The summed E-state index contributed by atoms with van der Waals surface area (Å²) in [7, 11) is 1.95. The minimum atomic E-state index is 0. The van der Waals surface area contributed by atoms with Gasteiger partial charge in [0.25, 0.3) is 0 Å². The molecule has 0 spiro atoms. The smallest absolute Gasteiger partial charge is 0.388 e. The summed E-state index contributed by atoms with van der Waals surface area (Å²) in [6, 6.07) is 15.9. The van der Waals surface area contributed by atoms with Gasteiger partial charge < -0.3 is 5.32 Å². The van der Waals surface area contributed by atoms with Crippen molar-refractivity contribution in [1.29, 1.82) is 0 Å². The van der Waals surface area contributed by atoms with Crippen molar-refractivity contribution in [3.8, 4) is 11.1 Å². The fourth-order valence-corrected chi connectivity index (χ4v) is 1.89. The molecular formula is C15H16KN. The third-order valence-corrected chi connectivity index (χ3v) is 2.77. The van der Waals surface area contributed by atoms with Gasteiger partial charge in [-0.05, 0) is 24.1 Å². The Kier molecular flexibility index (Phi) is 5.90. The van der Waals surface area contributed by atoms with Crippen LogP contribution in [-0.2, 0) is 0 Å². The Morgan fingerprint density at radius 1 is 1.00 bits per heavy atom. The third kappa shape index (κ3) is 3.67. The zero-order valence-electron chi connectivity index (χ0n) is 11.0. The van der Waals surface area contributed by atoms with Gasteiger partial charge in [-0.25, -0.2) is 0 Å². The Hall–Kier alpha value is -0.124. The van der Waals surface area contributed by atoms with E-state index in [2.05, 4.69) is 55.6 Å². The fraction of sp³-hybridized carbons (Fsp3) is 0.200. The van der Waals surface area contributed by atoms with Gasteiger partial charge in [-0.3, -0.25) is 0 Å². The topological polar surface area (TPSA) is 12.0 Å². The number of hydrogen-bond acceptors (Lipinski definition) is 1. The van der Waals surface area contributed by atoms with Gasteiger partial charge in [0.15, 0.2) is 0 Å². The van der Waals surface area contributed by atoms with E-state index in [1.807, 2.05) is 13.1 Å². The number of hydrogen-bond donors (Lipinski definition) is 1. The van der Waals surface area contributed by atoms with Crippen LogP contribution in [-0.4, -0.2) is 7.05 Å². The van der Waals surface area contributed by atoms with Crippen molar-refractivity contribution in [2.75, 3.05) is 12.4 Å². The van der Waals surface area contributed by atoms with Crippen molar-refractivity contribution in [2.45, 2.75) is 13.8 Å². The summed E-state index contributed by atoms with van der Waals surface area (Å²) >= 11 is 0. The van der Waals surface area contributed by atoms with Crippen LogP contribution in [0, 0.1) is 19.9 Å². The Balaban J connectivity index is 0.00000144. The Bertz CT molecular complexity index is 506. The SMILES string of the molecule is CNc1ccc(-c2cc[c-]c(C)c2)cc1C.[K+]. The number of rotatable bonds is 2. The van der Waals surface area contributed by atoms with E-state index < -0.39 is 0 Å². The van der Waals surface area contributed by atoms with E-state index in [-0.39, 0.29) is 51.4 Å². The summed E-state index contributed by atoms with van der Waals surface area (Å²) in [6.07, 6.45) is 0. The minimum Gasteiger partial charge on any atom is -0.388 e. The van der Waals surface area contributed by atoms with Crippen LogP contribution in [0.5, 0.6) is 0 Å². The van der Waals surface area contributed by atoms with Crippen molar-refractivity contribution in [2.24, 2.45) is 0 Å². The molecule has 0 heterocycles. The molecule has 0 aliphatic rings. The minimum absolute atomic E-state index is 0. The van der Waals surface area contributed by atoms with E-state index in [0.29, 0.717) is 0 Å². The largest absolute Gasteiger partial charge is 1.00 e. The summed E-state index contributed by atoms with van der Waals surface area (Å²) in [5, 5.41) is 3.18. The zero-order valence-corrected chi connectivity index (χ0v) is 14.1. The molecule has 1 N–H and O–H groups in total. The van der Waals surface area contributed by atoms with Crippen LogP contribution in [0.2, 0.25) is 0 Å². The monoisotopic (exact) mass is 249 g/mol. The first kappa shape index (κ1) is 14.9. The van der Waals surface area contributed by atoms with E-state index in [0.717, 1.165) is 0 Å². The van der Waals surface area contributed by atoms with Gasteiger partial charge in [0.05, 0.1) is 0 Å². The van der Waals surface area contributed by atoms with Crippen molar-refractivity contribution in [1.82, 2.24) is 0 Å². The van der Waals surface area contributed by atoms with Crippen LogP contribution in [0.4, 0.5) is 5.69 Å². The van der Waals surface area contributed by atoms with E-state index in [1.54, 1.807) is 0 Å². The van der Waals surface area contributed by atoms with Gasteiger partial charge in [-0.15, -0.1) is 5.56 Å². The van der Waals surface area contributed by atoms with Gasteiger partial charge in [-0.2, -0.15) is 29.8 Å². The second-order valence-corrected chi connectivity index (χ2v) is 4.04. The van der Waals surface area contributed by atoms with E-state index in [9.17, 15) is 0 Å². The molecule has 17 heavy (non-hydrogen) atoms. The average molecular weight is 249 g/mol. The normalized spacial score (nSPS) is 9.59. The molecule has 1 nitrogen and oxygen atoms in total. The summed E-state index contributed by atoms with van der Waals surface area (Å²) in [6.45, 7) is 4.19. The molecular weight excluding hydrogens is 233 g/mol. The molecule has 0 aromatic heterocycles. The third-order valence-electron chi connectivity index (χ3n) is 2.77. The second-order valence-electron chi connectivity index (χ2n) is 4.04. The molecule has 2 aromatic carbocycles. The van der Waals surface area contributed by atoms with Crippen molar-refractivity contribution >= 4 is 5.69 Å². The first-order valence-corrected chi connectivity index (χ1v) is 5.48. The molecule has 2 aromatic rings. The van der Waals surface area contributed by atoms with Crippen LogP contribution in [0.3, 0.4) is 0 Å². The predicted molar refractivity (Wildman–Crippen MR) is 69.7 cm³/mol. The molecule has 0 saturated heterocycles. The molecule has 82 valence electrons. The summed E-state index contributed by atoms with van der Waals surface area (Å²) in [5.74, 6) is 0. The average Bonchev–Trinajstić information content (AvgIpc) is 2.29. The first-order chi connectivity index (χ1) is 7.70. The van der Waals surface area contributed by atoms with E-state index in [4.69, 9.17) is 0 Å². The first-order valence-electron chi connectivity index (χ1n) is 5.48. The maximum Gasteiger partial charge on any atom is 1.00 e. The maximum absolute atomic E-state index is 3.18. The van der Waals surface area contributed by atoms with Crippen molar-refractivity contribution in [3.05, 3.63) is 53.6 Å². The molecule has 2 heteroatoms. The summed E-state index contributed by atoms with van der Waals surface area (Å²) in [5.41, 5.74) is 6.14. The maximum atomic E-state index is 3.18. The van der Waals surface area contributed by atoms with E-state index >= 15 is 0 Å². The quantitative estimate of drug-likeness (QED) is 0.614.